The van der Waals surface area contributed by atoms with Crippen molar-refractivity contribution in [3.05, 3.63) is 64.4 Å². The molecule has 2 fully saturated rings. The number of rotatable bonds is 6. The summed E-state index contributed by atoms with van der Waals surface area (Å²) in [5, 5.41) is 17.4. The maximum Gasteiger partial charge on any atom is 0.357 e. The summed E-state index contributed by atoms with van der Waals surface area (Å²) >= 11 is 3.33. The van der Waals surface area contributed by atoms with Crippen LogP contribution in [0.25, 0.3) is 22.0 Å². The second-order valence-corrected chi connectivity index (χ2v) is 11.6. The quantitative estimate of drug-likeness (QED) is 0.315. The summed E-state index contributed by atoms with van der Waals surface area (Å²) in [5.74, 6) is -0.708. The van der Waals surface area contributed by atoms with E-state index in [4.69, 9.17) is 0 Å². The number of nitrogens with zero attached hydrogens (tertiary/aromatic N) is 6. The Labute approximate surface area is 237 Å². The van der Waals surface area contributed by atoms with Gasteiger partial charge in [0.25, 0.3) is 0 Å². The number of nitrogens with one attached hydrogen (secondary N) is 1. The lowest BCUT2D eigenvalue weighted by atomic mass is 10.0. The molecule has 3 aromatic heterocycles. The third-order valence-corrected chi connectivity index (χ3v) is 8.32. The first kappa shape index (κ1) is 26.1. The first-order valence-corrected chi connectivity index (χ1v) is 13.6. The summed E-state index contributed by atoms with van der Waals surface area (Å²) in [6.07, 6.45) is 4.71. The van der Waals surface area contributed by atoms with Crippen LogP contribution >= 0.6 is 15.9 Å². The molecule has 40 heavy (non-hydrogen) atoms. The molecule has 4 heterocycles. The van der Waals surface area contributed by atoms with E-state index < -0.39 is 12.0 Å². The highest BCUT2D eigenvalue weighted by Crippen LogP contribution is 2.59. The second-order valence-electron chi connectivity index (χ2n) is 10.7. The molecule has 204 valence electrons. The van der Waals surface area contributed by atoms with Gasteiger partial charge in [-0.3, -0.25) is 14.3 Å². The van der Waals surface area contributed by atoms with Gasteiger partial charge in [-0.25, -0.2) is 19.7 Å². The zero-order valence-corrected chi connectivity index (χ0v) is 23.6. The molecule has 0 radical (unpaired) electrons. The van der Waals surface area contributed by atoms with Gasteiger partial charge in [-0.05, 0) is 77.4 Å². The van der Waals surface area contributed by atoms with Gasteiger partial charge in [0.2, 0.25) is 11.8 Å². The Morgan fingerprint density at radius 3 is 2.58 bits per heavy atom. The van der Waals surface area contributed by atoms with E-state index in [0.29, 0.717) is 33.6 Å². The lowest BCUT2D eigenvalue weighted by Crippen LogP contribution is -2.47. The molecule has 12 heteroatoms. The predicted octanol–water partition coefficient (Wildman–Crippen LogP) is 3.98. The fraction of sp³-hybridized carbons (Fsp3) is 0.321. The average molecular weight is 604 g/mol. The second kappa shape index (κ2) is 9.47. The number of hydrogen-bond acceptors (Lipinski definition) is 7. The van der Waals surface area contributed by atoms with Crippen LogP contribution < -0.4 is 5.32 Å². The highest BCUT2D eigenvalue weighted by Gasteiger charge is 2.64. The minimum absolute atomic E-state index is 0.0544. The van der Waals surface area contributed by atoms with Crippen LogP contribution in [-0.4, -0.2) is 64.6 Å². The molecule has 1 aromatic carbocycles. The van der Waals surface area contributed by atoms with Crippen molar-refractivity contribution in [1.82, 2.24) is 29.6 Å². The van der Waals surface area contributed by atoms with Crippen LogP contribution in [0.15, 0.2) is 47.3 Å². The molecule has 2 amide bonds. The SMILES string of the molecule is Cc1ncc(-c2ccc3c(c2)c(C(=O)O)nn3CC(=O)N2[C@H](C(=O)Nc3nc(Br)ccc3C)C[C@]3(C)C[C@@H]23)cn1. The van der Waals surface area contributed by atoms with Crippen molar-refractivity contribution >= 4 is 50.4 Å². The normalized spacial score (nSPS) is 21.4. The largest absolute Gasteiger partial charge is 0.476 e. The van der Waals surface area contributed by atoms with Crippen LogP contribution in [0.1, 0.15) is 41.6 Å². The van der Waals surface area contributed by atoms with E-state index in [9.17, 15) is 19.5 Å². The lowest BCUT2D eigenvalue weighted by Gasteiger charge is -2.27. The molecule has 6 rings (SSSR count). The van der Waals surface area contributed by atoms with Crippen molar-refractivity contribution in [1.29, 1.82) is 0 Å². The summed E-state index contributed by atoms with van der Waals surface area (Å²) < 4.78 is 2.00. The number of carboxylic acid groups (broad SMARTS) is 1. The van der Waals surface area contributed by atoms with Gasteiger partial charge < -0.3 is 15.3 Å². The molecule has 1 aliphatic carbocycles. The maximum absolute atomic E-state index is 13.7. The third kappa shape index (κ3) is 4.51. The van der Waals surface area contributed by atoms with E-state index in [1.54, 1.807) is 42.4 Å². The van der Waals surface area contributed by atoms with Gasteiger partial charge in [-0.2, -0.15) is 5.10 Å². The highest BCUT2D eigenvalue weighted by molar-refractivity contribution is 9.10. The topological polar surface area (TPSA) is 143 Å². The number of aryl methyl sites for hydroxylation is 2. The van der Waals surface area contributed by atoms with Gasteiger partial charge >= 0.3 is 5.97 Å². The first-order chi connectivity index (χ1) is 19.0. The Bertz CT molecular complexity index is 1700. The van der Waals surface area contributed by atoms with Crippen LogP contribution in [-0.2, 0) is 16.1 Å². The summed E-state index contributed by atoms with van der Waals surface area (Å²) in [4.78, 5) is 53.6. The number of pyridine rings is 1. The third-order valence-electron chi connectivity index (χ3n) is 7.88. The molecule has 2 aliphatic rings. The summed E-state index contributed by atoms with van der Waals surface area (Å²) in [6, 6.07) is 8.22. The number of benzene rings is 1. The van der Waals surface area contributed by atoms with Gasteiger partial charge in [-0.15, -0.1) is 0 Å². The number of piperidine rings is 1. The standard InChI is InChI=1S/C28H26BrN7O4/c1-14-4-7-22(29)32-25(14)33-26(38)20-9-28(3)10-21(28)36(20)23(37)13-35-19-6-5-16(17-11-30-15(2)31-12-17)8-18(19)24(34-35)27(39)40/h4-8,11-12,20-21H,9-10,13H2,1-3H3,(H,39,40)(H,32,33,38)/t20-,21+,28+/m0/s1. The number of halogens is 1. The number of fused-ring (bicyclic) bond motifs is 2. The maximum atomic E-state index is 13.7. The summed E-state index contributed by atoms with van der Waals surface area (Å²) in [6.45, 7) is 5.52. The highest BCUT2D eigenvalue weighted by atomic mass is 79.9. The Balaban J connectivity index is 1.29. The fourth-order valence-electron chi connectivity index (χ4n) is 5.58. The molecule has 0 bridgehead atoms. The van der Waals surface area contributed by atoms with Crippen LogP contribution in [0.5, 0.6) is 0 Å². The fourth-order valence-corrected chi connectivity index (χ4v) is 5.89. The van der Waals surface area contributed by atoms with Crippen LogP contribution in [0.4, 0.5) is 5.82 Å². The van der Waals surface area contributed by atoms with E-state index in [2.05, 4.69) is 48.2 Å². The van der Waals surface area contributed by atoms with Crippen molar-refractivity contribution in [2.24, 2.45) is 5.41 Å². The van der Waals surface area contributed by atoms with E-state index in [0.717, 1.165) is 23.1 Å². The van der Waals surface area contributed by atoms with E-state index in [1.165, 1.54) is 4.68 Å². The van der Waals surface area contributed by atoms with Crippen molar-refractivity contribution in [3.63, 3.8) is 0 Å². The van der Waals surface area contributed by atoms with Gasteiger partial charge in [0.1, 0.15) is 28.8 Å². The van der Waals surface area contributed by atoms with Crippen LogP contribution in [0.2, 0.25) is 0 Å². The monoisotopic (exact) mass is 603 g/mol. The Kier molecular flexibility index (Phi) is 6.17. The molecule has 1 saturated heterocycles. The predicted molar refractivity (Wildman–Crippen MR) is 150 cm³/mol. The van der Waals surface area contributed by atoms with E-state index >= 15 is 0 Å². The molecule has 1 aliphatic heterocycles. The number of hydrogen-bond donors (Lipinski definition) is 2. The molecule has 11 nitrogen and oxygen atoms in total. The average Bonchev–Trinajstić information content (AvgIpc) is 3.28. The van der Waals surface area contributed by atoms with Crippen molar-refractivity contribution in [2.45, 2.75) is 52.2 Å². The van der Waals surface area contributed by atoms with Crippen molar-refractivity contribution in [3.8, 4) is 11.1 Å². The molecule has 1 saturated carbocycles. The van der Waals surface area contributed by atoms with Gasteiger partial charge in [-0.1, -0.05) is 19.1 Å². The molecule has 3 atom stereocenters. The number of anilines is 1. The van der Waals surface area contributed by atoms with E-state index in [-0.39, 0.29) is 35.5 Å². The number of aromatic carboxylic acids is 1. The smallest absolute Gasteiger partial charge is 0.357 e. The minimum Gasteiger partial charge on any atom is -0.476 e. The van der Waals surface area contributed by atoms with Crippen molar-refractivity contribution < 1.29 is 19.5 Å². The molecule has 0 unspecified atom stereocenters. The first-order valence-electron chi connectivity index (χ1n) is 12.8. The summed E-state index contributed by atoms with van der Waals surface area (Å²) in [5.41, 5.74) is 2.52. The Hall–Kier alpha value is -4.19. The molecule has 2 N–H and O–H groups in total. The lowest BCUT2D eigenvalue weighted by molar-refractivity contribution is -0.138. The molecular weight excluding hydrogens is 578 g/mol. The van der Waals surface area contributed by atoms with E-state index in [1.807, 2.05) is 19.1 Å². The Morgan fingerprint density at radius 2 is 1.85 bits per heavy atom. The molecule has 0 spiro atoms. The number of amides is 2. The van der Waals surface area contributed by atoms with Crippen molar-refractivity contribution in [2.75, 3.05) is 5.32 Å². The minimum atomic E-state index is -1.20. The van der Waals surface area contributed by atoms with Crippen LogP contribution in [0, 0.1) is 19.3 Å². The number of likely N-dealkylation sites (tertiary alicyclic amines) is 1. The number of aromatic nitrogens is 5. The zero-order chi connectivity index (χ0) is 28.3. The van der Waals surface area contributed by atoms with Gasteiger partial charge in [0, 0.05) is 29.4 Å². The molecular formula is C28H26BrN7O4. The van der Waals surface area contributed by atoms with Crippen LogP contribution in [0.3, 0.4) is 0 Å². The Morgan fingerprint density at radius 1 is 1.10 bits per heavy atom. The van der Waals surface area contributed by atoms with Gasteiger partial charge in [0.05, 0.1) is 5.52 Å². The number of carboxylic acids is 1. The van der Waals surface area contributed by atoms with Gasteiger partial charge in [0.15, 0.2) is 5.69 Å². The zero-order valence-electron chi connectivity index (χ0n) is 22.1. The molecule has 4 aromatic rings. The number of carbonyl (C=O) groups is 3. The number of carbonyl (C=O) groups excluding carboxylic acids is 2. The summed E-state index contributed by atoms with van der Waals surface area (Å²) in [7, 11) is 0.